The van der Waals surface area contributed by atoms with Crippen molar-refractivity contribution in [3.05, 3.63) is 0 Å². The molecule has 1 heterocycles. The van der Waals surface area contributed by atoms with E-state index in [1.165, 1.54) is 19.4 Å². The van der Waals surface area contributed by atoms with Gasteiger partial charge in [-0.3, -0.25) is 0 Å². The van der Waals surface area contributed by atoms with Gasteiger partial charge in [-0.15, -0.1) is 0 Å². The molecule has 2 fully saturated rings. The number of hydrogen-bond donors (Lipinski definition) is 2. The summed E-state index contributed by atoms with van der Waals surface area (Å²) in [6, 6.07) is 0. The lowest BCUT2D eigenvalue weighted by atomic mass is 9.86. The molecule has 2 heteroatoms. The molecule has 0 amide bonds. The SMILES string of the molecule is N=C1CCC2(CCNC2)C1. The molecular weight excluding hydrogens is 124 g/mol. The number of rotatable bonds is 0. The van der Waals surface area contributed by atoms with Crippen LogP contribution >= 0.6 is 0 Å². The Morgan fingerprint density at radius 3 is 2.80 bits per heavy atom. The van der Waals surface area contributed by atoms with E-state index in [-0.39, 0.29) is 0 Å². The summed E-state index contributed by atoms with van der Waals surface area (Å²) in [7, 11) is 0. The third kappa shape index (κ3) is 0.870. The van der Waals surface area contributed by atoms with Crippen LogP contribution in [0.1, 0.15) is 25.7 Å². The Kier molecular flexibility index (Phi) is 1.31. The fourth-order valence-electron chi connectivity index (χ4n) is 2.21. The molecule has 2 aliphatic rings. The van der Waals surface area contributed by atoms with Gasteiger partial charge in [0, 0.05) is 12.3 Å². The van der Waals surface area contributed by atoms with Crippen molar-refractivity contribution < 1.29 is 0 Å². The quantitative estimate of drug-likeness (QED) is 0.518. The predicted molar refractivity (Wildman–Crippen MR) is 41.5 cm³/mol. The molecule has 56 valence electrons. The zero-order valence-electron chi connectivity index (χ0n) is 6.24. The van der Waals surface area contributed by atoms with Crippen LogP contribution in [0.2, 0.25) is 0 Å². The molecule has 2 N–H and O–H groups in total. The van der Waals surface area contributed by atoms with Gasteiger partial charge in [0.05, 0.1) is 0 Å². The molecule has 0 aromatic carbocycles. The average Bonchev–Trinajstić information content (AvgIpc) is 2.46. The fraction of sp³-hybridized carbons (Fsp3) is 0.875. The number of nitrogens with one attached hydrogen (secondary N) is 2. The Balaban J connectivity index is 2.09. The predicted octanol–water partition coefficient (Wildman–Crippen LogP) is 1.17. The van der Waals surface area contributed by atoms with E-state index in [1.54, 1.807) is 0 Å². The highest BCUT2D eigenvalue weighted by Gasteiger charge is 2.38. The number of hydrogen-bond acceptors (Lipinski definition) is 2. The summed E-state index contributed by atoms with van der Waals surface area (Å²) in [5, 5.41) is 10.9. The lowest BCUT2D eigenvalue weighted by Gasteiger charge is -2.19. The second-order valence-corrected chi connectivity index (χ2v) is 3.71. The third-order valence-electron chi connectivity index (χ3n) is 2.88. The zero-order chi connectivity index (χ0) is 7.03. The molecule has 1 aliphatic carbocycles. The molecule has 1 spiro atoms. The van der Waals surface area contributed by atoms with Gasteiger partial charge in [-0.1, -0.05) is 0 Å². The van der Waals surface area contributed by atoms with Gasteiger partial charge in [0.25, 0.3) is 0 Å². The van der Waals surface area contributed by atoms with Crippen molar-refractivity contribution in [1.82, 2.24) is 5.32 Å². The van der Waals surface area contributed by atoms with Crippen molar-refractivity contribution in [2.24, 2.45) is 5.41 Å². The van der Waals surface area contributed by atoms with E-state index in [1.807, 2.05) is 0 Å². The van der Waals surface area contributed by atoms with Crippen molar-refractivity contribution in [3.63, 3.8) is 0 Å². The maximum atomic E-state index is 7.51. The Bertz CT molecular complexity index is 157. The van der Waals surface area contributed by atoms with Crippen LogP contribution in [-0.4, -0.2) is 18.8 Å². The van der Waals surface area contributed by atoms with E-state index in [4.69, 9.17) is 5.41 Å². The van der Waals surface area contributed by atoms with Crippen molar-refractivity contribution in [1.29, 1.82) is 5.41 Å². The van der Waals surface area contributed by atoms with E-state index < -0.39 is 0 Å². The summed E-state index contributed by atoms with van der Waals surface area (Å²) in [6.07, 6.45) is 4.69. The second kappa shape index (κ2) is 2.06. The molecule has 0 aromatic rings. The van der Waals surface area contributed by atoms with Crippen LogP contribution in [0.5, 0.6) is 0 Å². The lowest BCUT2D eigenvalue weighted by Crippen LogP contribution is -2.20. The van der Waals surface area contributed by atoms with E-state index in [9.17, 15) is 0 Å². The summed E-state index contributed by atoms with van der Waals surface area (Å²) in [5.74, 6) is 0. The summed E-state index contributed by atoms with van der Waals surface area (Å²) in [6.45, 7) is 2.34. The summed E-state index contributed by atoms with van der Waals surface area (Å²) >= 11 is 0. The van der Waals surface area contributed by atoms with Crippen LogP contribution in [0.25, 0.3) is 0 Å². The molecule has 1 aliphatic heterocycles. The topological polar surface area (TPSA) is 35.9 Å². The van der Waals surface area contributed by atoms with Gasteiger partial charge in [0.15, 0.2) is 0 Å². The van der Waals surface area contributed by atoms with Crippen LogP contribution in [0.3, 0.4) is 0 Å². The van der Waals surface area contributed by atoms with Gasteiger partial charge in [0.1, 0.15) is 0 Å². The largest absolute Gasteiger partial charge is 0.316 e. The highest BCUT2D eigenvalue weighted by molar-refractivity contribution is 5.84. The maximum absolute atomic E-state index is 7.51. The molecule has 1 saturated carbocycles. The summed E-state index contributed by atoms with van der Waals surface area (Å²) in [4.78, 5) is 0. The lowest BCUT2D eigenvalue weighted by molar-refractivity contribution is 0.346. The van der Waals surface area contributed by atoms with Crippen LogP contribution in [-0.2, 0) is 0 Å². The van der Waals surface area contributed by atoms with Gasteiger partial charge < -0.3 is 10.7 Å². The molecule has 1 unspecified atom stereocenters. The summed E-state index contributed by atoms with van der Waals surface area (Å²) in [5.41, 5.74) is 1.50. The molecule has 0 radical (unpaired) electrons. The molecule has 2 rings (SSSR count). The molecule has 2 nitrogen and oxygen atoms in total. The molecule has 1 atom stereocenters. The maximum Gasteiger partial charge on any atom is 0.00954 e. The zero-order valence-corrected chi connectivity index (χ0v) is 6.24. The van der Waals surface area contributed by atoms with Crippen LogP contribution in [0.15, 0.2) is 0 Å². The molecule has 0 bridgehead atoms. The Morgan fingerprint density at radius 1 is 1.40 bits per heavy atom. The van der Waals surface area contributed by atoms with Crippen molar-refractivity contribution in [2.45, 2.75) is 25.7 Å². The smallest absolute Gasteiger partial charge is 0.00954 e. The monoisotopic (exact) mass is 138 g/mol. The van der Waals surface area contributed by atoms with Crippen molar-refractivity contribution in [3.8, 4) is 0 Å². The van der Waals surface area contributed by atoms with Crippen LogP contribution in [0, 0.1) is 10.8 Å². The minimum absolute atomic E-state index is 0.525. The normalized spacial score (nSPS) is 39.8. The van der Waals surface area contributed by atoms with Gasteiger partial charge in [-0.25, -0.2) is 0 Å². The van der Waals surface area contributed by atoms with Gasteiger partial charge in [-0.05, 0) is 37.6 Å². The first-order valence-corrected chi connectivity index (χ1v) is 4.08. The first-order chi connectivity index (χ1) is 4.81. The van der Waals surface area contributed by atoms with E-state index >= 15 is 0 Å². The van der Waals surface area contributed by atoms with Gasteiger partial charge in [-0.2, -0.15) is 0 Å². The standard InChI is InChI=1S/C8H14N2/c9-7-1-2-8(5-7)3-4-10-6-8/h9-10H,1-6H2. The third-order valence-corrected chi connectivity index (χ3v) is 2.88. The van der Waals surface area contributed by atoms with E-state index in [0.717, 1.165) is 25.1 Å². The molecule has 10 heavy (non-hydrogen) atoms. The average molecular weight is 138 g/mol. The Labute approximate surface area is 61.5 Å². The minimum Gasteiger partial charge on any atom is -0.316 e. The van der Waals surface area contributed by atoms with Crippen molar-refractivity contribution in [2.75, 3.05) is 13.1 Å². The van der Waals surface area contributed by atoms with E-state index in [0.29, 0.717) is 5.41 Å². The molecule has 0 aromatic heterocycles. The van der Waals surface area contributed by atoms with Gasteiger partial charge >= 0.3 is 0 Å². The van der Waals surface area contributed by atoms with Gasteiger partial charge in [0.2, 0.25) is 0 Å². The van der Waals surface area contributed by atoms with Crippen molar-refractivity contribution >= 4 is 5.71 Å². The van der Waals surface area contributed by atoms with E-state index in [2.05, 4.69) is 5.32 Å². The molecular formula is C8H14N2. The fourth-order valence-corrected chi connectivity index (χ4v) is 2.21. The highest BCUT2D eigenvalue weighted by Crippen LogP contribution is 2.40. The first kappa shape index (κ1) is 6.35. The minimum atomic E-state index is 0.525. The second-order valence-electron chi connectivity index (χ2n) is 3.71. The Morgan fingerprint density at radius 2 is 2.30 bits per heavy atom. The molecule has 1 saturated heterocycles. The Hall–Kier alpha value is -0.370. The highest BCUT2D eigenvalue weighted by atomic mass is 14.9. The first-order valence-electron chi connectivity index (χ1n) is 4.08. The van der Waals surface area contributed by atoms with Crippen LogP contribution in [0.4, 0.5) is 0 Å². The summed E-state index contributed by atoms with van der Waals surface area (Å²) < 4.78 is 0. The van der Waals surface area contributed by atoms with Crippen LogP contribution < -0.4 is 5.32 Å².